The number of H-pyrrole nitrogens is 1. The number of aromatic amines is 1. The Kier molecular flexibility index (Phi) is 3.08. The maximum atomic E-state index is 10.8. The van der Waals surface area contributed by atoms with Crippen LogP contribution in [0.25, 0.3) is 0 Å². The minimum Gasteiger partial charge on any atom is -0.356 e. The van der Waals surface area contributed by atoms with Crippen LogP contribution in [0.15, 0.2) is 34.8 Å². The van der Waals surface area contributed by atoms with E-state index in [1.807, 2.05) is 6.07 Å². The molecule has 0 spiro atoms. The lowest BCUT2D eigenvalue weighted by Gasteiger charge is -2.10. The predicted molar refractivity (Wildman–Crippen MR) is 75.1 cm³/mol. The molecule has 3 rings (SSSR count). The zero-order chi connectivity index (χ0) is 12.5. The summed E-state index contributed by atoms with van der Waals surface area (Å²) in [6, 6.07) is 10.5. The molecule has 1 unspecified atom stereocenters. The third-order valence-electron chi connectivity index (χ3n) is 3.66. The Balaban J connectivity index is 1.81. The monoisotopic (exact) mass is 303 g/mol. The van der Waals surface area contributed by atoms with Gasteiger partial charge in [-0.1, -0.05) is 28.1 Å². The van der Waals surface area contributed by atoms with Gasteiger partial charge >= 0.3 is 0 Å². The summed E-state index contributed by atoms with van der Waals surface area (Å²) in [6.07, 6.45) is 4.19. The van der Waals surface area contributed by atoms with Crippen LogP contribution < -0.4 is 0 Å². The zero-order valence-electron chi connectivity index (χ0n) is 9.95. The lowest BCUT2D eigenvalue weighted by molar-refractivity contribution is 0.111. The molecule has 3 heteroatoms. The summed E-state index contributed by atoms with van der Waals surface area (Å²) in [5.74, 6) is 0.547. The summed E-state index contributed by atoms with van der Waals surface area (Å²) in [6.45, 7) is 0. The molecule has 1 atom stereocenters. The van der Waals surface area contributed by atoms with Gasteiger partial charge in [0, 0.05) is 10.2 Å². The number of rotatable bonds is 3. The molecule has 0 bridgehead atoms. The van der Waals surface area contributed by atoms with Crippen LogP contribution in [-0.4, -0.2) is 11.3 Å². The van der Waals surface area contributed by atoms with Gasteiger partial charge in [-0.3, -0.25) is 4.79 Å². The molecule has 92 valence electrons. The third-order valence-corrected chi connectivity index (χ3v) is 4.19. The first-order valence-corrected chi connectivity index (χ1v) is 6.97. The number of hydrogen-bond donors (Lipinski definition) is 1. The minimum atomic E-state index is 0.547. The van der Waals surface area contributed by atoms with Gasteiger partial charge in [-0.2, -0.15) is 0 Å². The molecule has 1 aliphatic rings. The fraction of sp³-hybridized carbons (Fsp3) is 0.267. The highest BCUT2D eigenvalue weighted by Crippen LogP contribution is 2.35. The van der Waals surface area contributed by atoms with Crippen LogP contribution in [0.5, 0.6) is 0 Å². The van der Waals surface area contributed by atoms with Gasteiger partial charge in [-0.25, -0.2) is 0 Å². The molecule has 2 nitrogen and oxygen atoms in total. The number of benzene rings is 1. The van der Waals surface area contributed by atoms with Crippen LogP contribution in [0.2, 0.25) is 0 Å². The number of aryl methyl sites for hydroxylation is 1. The molecule has 1 aliphatic carbocycles. The number of carbonyl (C=O) groups is 1. The van der Waals surface area contributed by atoms with E-state index < -0.39 is 0 Å². The first-order chi connectivity index (χ1) is 8.76. The van der Waals surface area contributed by atoms with Crippen LogP contribution in [0.4, 0.5) is 0 Å². The van der Waals surface area contributed by atoms with E-state index in [2.05, 4.69) is 45.2 Å². The predicted octanol–water partition coefficient (Wildman–Crippen LogP) is 3.86. The molecule has 2 aromatic rings. The Labute approximate surface area is 115 Å². The fourth-order valence-corrected chi connectivity index (χ4v) is 3.03. The largest absolute Gasteiger partial charge is 0.356 e. The van der Waals surface area contributed by atoms with Gasteiger partial charge in [0.25, 0.3) is 0 Å². The topological polar surface area (TPSA) is 32.9 Å². The Morgan fingerprint density at radius 3 is 2.83 bits per heavy atom. The molecule has 18 heavy (non-hydrogen) atoms. The van der Waals surface area contributed by atoms with Crippen LogP contribution in [0.1, 0.15) is 39.6 Å². The molecule has 1 heterocycles. The number of hydrogen-bond acceptors (Lipinski definition) is 1. The molecular formula is C15H14BrNO. The zero-order valence-corrected chi connectivity index (χ0v) is 11.5. The molecule has 0 radical (unpaired) electrons. The Hall–Kier alpha value is -1.35. The van der Waals surface area contributed by atoms with Crippen LogP contribution in [0.3, 0.4) is 0 Å². The molecular weight excluding hydrogens is 290 g/mol. The SMILES string of the molecule is O=Cc1cc2c([nH]1)CCC2Cc1ccc(Br)cc1. The Morgan fingerprint density at radius 1 is 1.33 bits per heavy atom. The first kappa shape index (κ1) is 11.7. The van der Waals surface area contributed by atoms with Gasteiger partial charge in [-0.05, 0) is 54.5 Å². The lowest BCUT2D eigenvalue weighted by Crippen LogP contribution is -1.97. The van der Waals surface area contributed by atoms with E-state index in [0.29, 0.717) is 11.6 Å². The highest BCUT2D eigenvalue weighted by molar-refractivity contribution is 9.10. The highest BCUT2D eigenvalue weighted by atomic mass is 79.9. The van der Waals surface area contributed by atoms with Crippen molar-refractivity contribution in [3.05, 3.63) is 57.3 Å². The van der Waals surface area contributed by atoms with Gasteiger partial charge in [0.15, 0.2) is 6.29 Å². The average Bonchev–Trinajstić information content (AvgIpc) is 2.93. The lowest BCUT2D eigenvalue weighted by atomic mass is 9.95. The molecule has 0 saturated carbocycles. The van der Waals surface area contributed by atoms with Crippen molar-refractivity contribution in [1.82, 2.24) is 4.98 Å². The van der Waals surface area contributed by atoms with Crippen molar-refractivity contribution in [3.8, 4) is 0 Å². The van der Waals surface area contributed by atoms with E-state index in [9.17, 15) is 4.79 Å². The van der Waals surface area contributed by atoms with Crippen LogP contribution >= 0.6 is 15.9 Å². The van der Waals surface area contributed by atoms with Crippen molar-refractivity contribution >= 4 is 22.2 Å². The number of fused-ring (bicyclic) bond motifs is 1. The second-order valence-corrected chi connectivity index (χ2v) is 5.76. The molecule has 1 aromatic carbocycles. The Bertz CT molecular complexity index is 571. The van der Waals surface area contributed by atoms with Gasteiger partial charge in [-0.15, -0.1) is 0 Å². The minimum absolute atomic E-state index is 0.547. The number of carbonyl (C=O) groups excluding carboxylic acids is 1. The second kappa shape index (κ2) is 4.73. The van der Waals surface area contributed by atoms with Crippen molar-refractivity contribution in [2.75, 3.05) is 0 Å². The van der Waals surface area contributed by atoms with Gasteiger partial charge in [0.2, 0.25) is 0 Å². The van der Waals surface area contributed by atoms with E-state index in [0.717, 1.165) is 23.6 Å². The number of aldehydes is 1. The molecule has 1 aromatic heterocycles. The van der Waals surface area contributed by atoms with Gasteiger partial charge < -0.3 is 4.98 Å². The van der Waals surface area contributed by atoms with Crippen LogP contribution in [0, 0.1) is 0 Å². The van der Waals surface area contributed by atoms with Gasteiger partial charge in [0.1, 0.15) is 0 Å². The van der Waals surface area contributed by atoms with E-state index in [4.69, 9.17) is 0 Å². The van der Waals surface area contributed by atoms with Gasteiger partial charge in [0.05, 0.1) is 5.69 Å². The quantitative estimate of drug-likeness (QED) is 0.858. The number of nitrogens with one attached hydrogen (secondary N) is 1. The van der Waals surface area contributed by atoms with Crippen molar-refractivity contribution in [1.29, 1.82) is 0 Å². The van der Waals surface area contributed by atoms with Crippen molar-refractivity contribution in [3.63, 3.8) is 0 Å². The van der Waals surface area contributed by atoms with E-state index in [1.54, 1.807) is 0 Å². The summed E-state index contributed by atoms with van der Waals surface area (Å²) in [5.41, 5.74) is 4.64. The normalized spacial score (nSPS) is 17.7. The van der Waals surface area contributed by atoms with Crippen LogP contribution in [-0.2, 0) is 12.8 Å². The fourth-order valence-electron chi connectivity index (χ4n) is 2.76. The summed E-state index contributed by atoms with van der Waals surface area (Å²) in [5, 5.41) is 0. The number of halogens is 1. The van der Waals surface area contributed by atoms with E-state index >= 15 is 0 Å². The molecule has 0 aliphatic heterocycles. The molecule has 1 N–H and O–H groups in total. The first-order valence-electron chi connectivity index (χ1n) is 6.17. The number of aromatic nitrogens is 1. The standard InChI is InChI=1S/C15H14BrNO/c16-12-4-1-10(2-5-12)7-11-3-6-15-14(11)8-13(9-18)17-15/h1-2,4-5,8-9,11,17H,3,6-7H2. The molecule has 0 amide bonds. The van der Waals surface area contributed by atoms with Crippen molar-refractivity contribution in [2.45, 2.75) is 25.2 Å². The maximum absolute atomic E-state index is 10.8. The molecule has 0 saturated heterocycles. The van der Waals surface area contributed by atoms with Crippen molar-refractivity contribution in [2.24, 2.45) is 0 Å². The average molecular weight is 304 g/mol. The maximum Gasteiger partial charge on any atom is 0.166 e. The Morgan fingerprint density at radius 2 is 2.11 bits per heavy atom. The summed E-state index contributed by atoms with van der Waals surface area (Å²) < 4.78 is 1.11. The summed E-state index contributed by atoms with van der Waals surface area (Å²) in [4.78, 5) is 14.0. The molecule has 0 fully saturated rings. The van der Waals surface area contributed by atoms with E-state index in [-0.39, 0.29) is 0 Å². The smallest absolute Gasteiger partial charge is 0.166 e. The second-order valence-electron chi connectivity index (χ2n) is 4.84. The summed E-state index contributed by atoms with van der Waals surface area (Å²) in [7, 11) is 0. The summed E-state index contributed by atoms with van der Waals surface area (Å²) >= 11 is 3.45. The highest BCUT2D eigenvalue weighted by Gasteiger charge is 2.24. The van der Waals surface area contributed by atoms with E-state index in [1.165, 1.54) is 23.2 Å². The third kappa shape index (κ3) is 2.15. The van der Waals surface area contributed by atoms with Crippen molar-refractivity contribution < 1.29 is 4.79 Å².